The third-order valence-corrected chi connectivity index (χ3v) is 11.5. The van der Waals surface area contributed by atoms with E-state index in [0.29, 0.717) is 43.1 Å². The van der Waals surface area contributed by atoms with Crippen LogP contribution in [0.1, 0.15) is 89.7 Å². The van der Waals surface area contributed by atoms with Crippen LogP contribution in [0.25, 0.3) is 0 Å². The number of aliphatic hydroxyl groups excluding tert-OH is 1. The number of hydrogen-bond donors (Lipinski definition) is 4. The standard InChI is InChI=1S/C34H43NO9/c1-32-15-12-22(36)18-21(32)8-9-23-24(32)13-16-33(2)25(23)14-17-34(33,43)26(37)19-44-28(39)11-10-27(38)35-29(31(41)42)30(40)20-6-4-3-5-7-20/h3-7,18,23-25,29-30,40,43H,8-17,19H2,1-2H3,(H,35,38)(H,41,42)/t23-,24-,25-,29-,30-,32-,33+,34-/m0/s1. The minimum atomic E-state index is -1.62. The first kappa shape index (κ1) is 32.0. The van der Waals surface area contributed by atoms with Crippen LogP contribution in [-0.4, -0.2) is 63.0 Å². The molecule has 238 valence electrons. The van der Waals surface area contributed by atoms with E-state index in [2.05, 4.69) is 12.2 Å². The predicted molar refractivity (Wildman–Crippen MR) is 158 cm³/mol. The van der Waals surface area contributed by atoms with Crippen molar-refractivity contribution in [3.63, 3.8) is 0 Å². The van der Waals surface area contributed by atoms with Crippen LogP contribution in [0.5, 0.6) is 0 Å². The molecule has 1 aromatic rings. The molecule has 4 aliphatic carbocycles. The zero-order valence-electron chi connectivity index (χ0n) is 25.4. The molecule has 0 unspecified atom stereocenters. The zero-order chi connectivity index (χ0) is 31.9. The summed E-state index contributed by atoms with van der Waals surface area (Å²) in [6.45, 7) is 3.67. The summed E-state index contributed by atoms with van der Waals surface area (Å²) in [4.78, 5) is 62.1. The lowest BCUT2D eigenvalue weighted by atomic mass is 9.46. The maximum Gasteiger partial charge on any atom is 0.329 e. The Bertz CT molecular complexity index is 1360. The smallest absolute Gasteiger partial charge is 0.329 e. The highest BCUT2D eigenvalue weighted by atomic mass is 16.5. The van der Waals surface area contributed by atoms with Crippen LogP contribution in [0, 0.1) is 28.6 Å². The average Bonchev–Trinajstić information content (AvgIpc) is 3.29. The van der Waals surface area contributed by atoms with E-state index in [0.717, 1.165) is 25.7 Å². The van der Waals surface area contributed by atoms with Crippen molar-refractivity contribution < 1.29 is 44.0 Å². The van der Waals surface area contributed by atoms with Crippen molar-refractivity contribution in [2.45, 2.75) is 95.8 Å². The fourth-order valence-corrected chi connectivity index (χ4v) is 8.95. The number of carboxylic acid groups (broad SMARTS) is 1. The van der Waals surface area contributed by atoms with Gasteiger partial charge in [0.25, 0.3) is 0 Å². The van der Waals surface area contributed by atoms with Gasteiger partial charge < -0.3 is 25.4 Å². The lowest BCUT2D eigenvalue weighted by Crippen LogP contribution is -2.58. The molecule has 0 aromatic heterocycles. The number of benzene rings is 1. The minimum absolute atomic E-state index is 0.0190. The summed E-state index contributed by atoms with van der Waals surface area (Å²) in [7, 11) is 0. The molecule has 10 heteroatoms. The van der Waals surface area contributed by atoms with Crippen LogP contribution in [0.15, 0.2) is 42.0 Å². The highest BCUT2D eigenvalue weighted by Crippen LogP contribution is 2.67. The maximum absolute atomic E-state index is 13.4. The normalized spacial score (nSPS) is 34.0. The number of amides is 1. The molecule has 0 bridgehead atoms. The molecular formula is C34H43NO9. The highest BCUT2D eigenvalue weighted by molar-refractivity contribution is 5.92. The molecule has 4 N–H and O–H groups in total. The van der Waals surface area contributed by atoms with Crippen LogP contribution in [0.2, 0.25) is 0 Å². The quantitative estimate of drug-likeness (QED) is 0.291. The average molecular weight is 610 g/mol. The summed E-state index contributed by atoms with van der Waals surface area (Å²) in [5, 5.41) is 34.0. The second-order valence-corrected chi connectivity index (χ2v) is 13.6. The number of carbonyl (C=O) groups excluding carboxylic acids is 4. The van der Waals surface area contributed by atoms with Crippen LogP contribution in [0.4, 0.5) is 0 Å². The Morgan fingerprint density at radius 3 is 2.39 bits per heavy atom. The van der Waals surface area contributed by atoms with Gasteiger partial charge in [-0.1, -0.05) is 49.8 Å². The van der Waals surface area contributed by atoms with Gasteiger partial charge in [-0.3, -0.25) is 19.2 Å². The molecule has 44 heavy (non-hydrogen) atoms. The number of ketones is 2. The molecule has 0 spiro atoms. The molecule has 1 amide bonds. The summed E-state index contributed by atoms with van der Waals surface area (Å²) in [5.41, 5.74) is -0.714. The van der Waals surface area contributed by atoms with E-state index in [-0.39, 0.29) is 17.1 Å². The first-order valence-corrected chi connectivity index (χ1v) is 15.7. The number of rotatable bonds is 10. The number of carboxylic acids is 1. The fourth-order valence-electron chi connectivity index (χ4n) is 8.95. The van der Waals surface area contributed by atoms with Gasteiger partial charge >= 0.3 is 11.9 Å². The molecule has 5 rings (SSSR count). The van der Waals surface area contributed by atoms with Crippen molar-refractivity contribution in [2.24, 2.45) is 28.6 Å². The van der Waals surface area contributed by atoms with Crippen molar-refractivity contribution >= 4 is 29.4 Å². The van der Waals surface area contributed by atoms with Gasteiger partial charge in [-0.05, 0) is 79.8 Å². The zero-order valence-corrected chi connectivity index (χ0v) is 25.4. The number of carbonyl (C=O) groups is 5. The summed E-state index contributed by atoms with van der Waals surface area (Å²) in [6, 6.07) is 6.44. The third-order valence-electron chi connectivity index (χ3n) is 11.5. The SMILES string of the molecule is C[C@]12CCC(=O)C=C1CC[C@H]1[C@@H]2CC[C@]2(C)[C@H]1CC[C@]2(O)C(=O)COC(=O)CCC(=O)N[C@H](C(=O)O)[C@@H](O)c1ccccc1. The van der Waals surface area contributed by atoms with Crippen LogP contribution < -0.4 is 5.32 Å². The fraction of sp³-hybridized carbons (Fsp3) is 0.618. The van der Waals surface area contributed by atoms with E-state index in [1.165, 1.54) is 17.7 Å². The molecule has 0 heterocycles. The number of fused-ring (bicyclic) bond motifs is 5. The summed E-state index contributed by atoms with van der Waals surface area (Å²) in [6.07, 6.45) is 5.34. The molecular weight excluding hydrogens is 566 g/mol. The van der Waals surface area contributed by atoms with E-state index in [4.69, 9.17) is 4.74 Å². The van der Waals surface area contributed by atoms with E-state index in [1.807, 2.05) is 13.0 Å². The van der Waals surface area contributed by atoms with Crippen molar-refractivity contribution in [1.29, 1.82) is 0 Å². The third kappa shape index (κ3) is 5.62. The molecule has 10 nitrogen and oxygen atoms in total. The van der Waals surface area contributed by atoms with Crippen molar-refractivity contribution in [1.82, 2.24) is 5.32 Å². The van der Waals surface area contributed by atoms with Gasteiger partial charge in [0.05, 0.1) is 6.42 Å². The molecule has 0 saturated heterocycles. The van der Waals surface area contributed by atoms with Crippen molar-refractivity contribution in [3.8, 4) is 0 Å². The number of Topliss-reactive ketones (excluding diaryl/α,β-unsaturated/α-hetero) is 1. The van der Waals surface area contributed by atoms with Gasteiger partial charge in [-0.25, -0.2) is 4.79 Å². The Balaban J connectivity index is 1.14. The Hall–Kier alpha value is -3.37. The molecule has 1 aromatic carbocycles. The lowest BCUT2D eigenvalue weighted by Gasteiger charge is -2.58. The second-order valence-electron chi connectivity index (χ2n) is 13.6. The first-order valence-electron chi connectivity index (χ1n) is 15.7. The summed E-state index contributed by atoms with van der Waals surface area (Å²) >= 11 is 0. The van der Waals surface area contributed by atoms with Crippen molar-refractivity contribution in [2.75, 3.05) is 6.61 Å². The van der Waals surface area contributed by atoms with Crippen LogP contribution >= 0.6 is 0 Å². The molecule has 3 saturated carbocycles. The van der Waals surface area contributed by atoms with Gasteiger partial charge in [0, 0.05) is 18.3 Å². The number of aliphatic hydroxyl groups is 2. The monoisotopic (exact) mass is 609 g/mol. The van der Waals surface area contributed by atoms with Gasteiger partial charge in [-0.2, -0.15) is 0 Å². The van der Waals surface area contributed by atoms with Crippen LogP contribution in [0.3, 0.4) is 0 Å². The first-order chi connectivity index (χ1) is 20.8. The minimum Gasteiger partial charge on any atom is -0.480 e. The number of nitrogens with one attached hydrogen (secondary N) is 1. The topological polar surface area (TPSA) is 167 Å². The molecule has 0 radical (unpaired) electrons. The Morgan fingerprint density at radius 1 is 0.977 bits per heavy atom. The number of esters is 1. The maximum atomic E-state index is 13.4. The number of aliphatic carboxylic acids is 1. The number of allylic oxidation sites excluding steroid dienone is 1. The Kier molecular flexibility index (Phi) is 8.88. The van der Waals surface area contributed by atoms with Gasteiger partial charge in [0.2, 0.25) is 11.7 Å². The van der Waals surface area contributed by atoms with Crippen molar-refractivity contribution in [3.05, 3.63) is 47.5 Å². The van der Waals surface area contributed by atoms with Gasteiger partial charge in [0.1, 0.15) is 11.7 Å². The Labute approximate surface area is 257 Å². The number of ether oxygens (including phenoxy) is 1. The predicted octanol–water partition coefficient (Wildman–Crippen LogP) is 3.44. The van der Waals surface area contributed by atoms with E-state index >= 15 is 0 Å². The largest absolute Gasteiger partial charge is 0.480 e. The molecule has 8 atom stereocenters. The Morgan fingerprint density at radius 2 is 1.68 bits per heavy atom. The summed E-state index contributed by atoms with van der Waals surface area (Å²) < 4.78 is 5.20. The highest BCUT2D eigenvalue weighted by Gasteiger charge is 2.66. The van der Waals surface area contributed by atoms with Crippen LogP contribution in [-0.2, 0) is 28.7 Å². The molecule has 3 fully saturated rings. The number of hydrogen-bond acceptors (Lipinski definition) is 8. The second kappa shape index (κ2) is 12.2. The molecule has 0 aliphatic heterocycles. The molecule has 4 aliphatic rings. The van der Waals surface area contributed by atoms with E-state index < -0.39 is 66.2 Å². The van der Waals surface area contributed by atoms with E-state index in [1.54, 1.807) is 18.2 Å². The van der Waals surface area contributed by atoms with Gasteiger partial charge in [-0.15, -0.1) is 0 Å². The van der Waals surface area contributed by atoms with E-state index in [9.17, 15) is 39.3 Å². The summed E-state index contributed by atoms with van der Waals surface area (Å²) in [5.74, 6) is -2.44. The lowest BCUT2D eigenvalue weighted by molar-refractivity contribution is -0.170. The van der Waals surface area contributed by atoms with Gasteiger partial charge in [0.15, 0.2) is 18.4 Å².